The molecule has 8 heteroatoms. The zero-order valence-electron chi connectivity index (χ0n) is 19.2. The fourth-order valence-electron chi connectivity index (χ4n) is 3.48. The van der Waals surface area contributed by atoms with E-state index < -0.39 is 0 Å². The normalized spacial score (nSPS) is 10.8. The molecular weight excluding hydrogens is 456 g/mol. The highest BCUT2D eigenvalue weighted by molar-refractivity contribution is 6.33. The van der Waals surface area contributed by atoms with Crippen LogP contribution in [0.2, 0.25) is 5.02 Å². The number of benzene rings is 3. The van der Waals surface area contributed by atoms with Gasteiger partial charge in [-0.3, -0.25) is 4.79 Å². The molecule has 0 aliphatic carbocycles. The molecule has 0 aliphatic rings. The average Bonchev–Trinajstić information content (AvgIpc) is 3.26. The van der Waals surface area contributed by atoms with Gasteiger partial charge in [-0.25, -0.2) is 4.98 Å². The first kappa shape index (κ1) is 23.4. The molecule has 0 atom stereocenters. The number of hydrogen-bond donors (Lipinski definition) is 1. The molecule has 1 N–H and O–H groups in total. The Kier molecular flexibility index (Phi) is 7.23. The van der Waals surface area contributed by atoms with Gasteiger partial charge in [0.05, 0.1) is 30.4 Å². The van der Waals surface area contributed by atoms with Crippen molar-refractivity contribution >= 4 is 34.3 Å². The summed E-state index contributed by atoms with van der Waals surface area (Å²) in [5.41, 5.74) is 2.87. The van der Waals surface area contributed by atoms with Crippen molar-refractivity contribution < 1.29 is 23.4 Å². The summed E-state index contributed by atoms with van der Waals surface area (Å²) in [6, 6.07) is 15.9. The Morgan fingerprint density at radius 2 is 1.62 bits per heavy atom. The van der Waals surface area contributed by atoms with Crippen LogP contribution in [0.15, 0.2) is 59.0 Å². The molecule has 7 nitrogen and oxygen atoms in total. The highest BCUT2D eigenvalue weighted by atomic mass is 35.5. The molecule has 1 heterocycles. The quantitative estimate of drug-likeness (QED) is 0.290. The standard InChI is InChI=1S/C26H25ClN2O5/c1-4-31-22-13-16(14-23(32-5-2)24(22)33-6-3)25(30)28-17-11-12-19(27)18(15-17)26-29-20-9-7-8-10-21(20)34-26/h7-15H,4-6H2,1-3H3,(H,28,30). The van der Waals surface area contributed by atoms with Gasteiger partial charge in [0.25, 0.3) is 5.91 Å². The van der Waals surface area contributed by atoms with Crippen molar-refractivity contribution in [3.63, 3.8) is 0 Å². The van der Waals surface area contributed by atoms with E-state index in [1.165, 1.54) is 0 Å². The van der Waals surface area contributed by atoms with Gasteiger partial charge in [0, 0.05) is 11.3 Å². The van der Waals surface area contributed by atoms with Gasteiger partial charge in [-0.1, -0.05) is 23.7 Å². The molecule has 34 heavy (non-hydrogen) atoms. The maximum absolute atomic E-state index is 13.1. The van der Waals surface area contributed by atoms with Crippen molar-refractivity contribution in [2.24, 2.45) is 0 Å². The monoisotopic (exact) mass is 480 g/mol. The molecule has 0 saturated carbocycles. The number of nitrogens with one attached hydrogen (secondary N) is 1. The predicted molar refractivity (Wildman–Crippen MR) is 132 cm³/mol. The molecule has 4 aromatic rings. The van der Waals surface area contributed by atoms with Crippen molar-refractivity contribution in [3.8, 4) is 28.7 Å². The third-order valence-electron chi connectivity index (χ3n) is 4.92. The number of nitrogens with zero attached hydrogens (tertiary/aromatic N) is 1. The van der Waals surface area contributed by atoms with Crippen LogP contribution in [0.4, 0.5) is 5.69 Å². The fraction of sp³-hybridized carbons (Fsp3) is 0.231. The predicted octanol–water partition coefficient (Wildman–Crippen LogP) is 6.60. The summed E-state index contributed by atoms with van der Waals surface area (Å²) in [6.07, 6.45) is 0. The van der Waals surface area contributed by atoms with E-state index in [2.05, 4.69) is 10.3 Å². The molecule has 0 fully saturated rings. The maximum atomic E-state index is 13.1. The minimum absolute atomic E-state index is 0.337. The van der Waals surface area contributed by atoms with Crippen molar-refractivity contribution in [2.45, 2.75) is 20.8 Å². The lowest BCUT2D eigenvalue weighted by atomic mass is 10.1. The maximum Gasteiger partial charge on any atom is 0.255 e. The number of hydrogen-bond acceptors (Lipinski definition) is 6. The molecule has 1 amide bonds. The first-order chi connectivity index (χ1) is 16.5. The van der Waals surface area contributed by atoms with Crippen LogP contribution in [-0.2, 0) is 0 Å². The molecule has 1 aromatic heterocycles. The summed E-state index contributed by atoms with van der Waals surface area (Å²) >= 11 is 6.41. The number of para-hydroxylation sites is 2. The lowest BCUT2D eigenvalue weighted by Crippen LogP contribution is -2.13. The first-order valence-electron chi connectivity index (χ1n) is 11.1. The SMILES string of the molecule is CCOc1cc(C(=O)Nc2ccc(Cl)c(-c3nc4ccccc4o3)c2)cc(OCC)c1OCC. The number of oxazole rings is 1. The van der Waals surface area contributed by atoms with Gasteiger partial charge in [0.2, 0.25) is 11.6 Å². The molecule has 0 saturated heterocycles. The van der Waals surface area contributed by atoms with Crippen LogP contribution < -0.4 is 19.5 Å². The molecular formula is C26H25ClN2O5. The largest absolute Gasteiger partial charge is 0.490 e. The van der Waals surface area contributed by atoms with Crippen LogP contribution in [0.25, 0.3) is 22.6 Å². The Morgan fingerprint density at radius 3 is 2.26 bits per heavy atom. The van der Waals surface area contributed by atoms with Crippen molar-refractivity contribution in [1.82, 2.24) is 4.98 Å². The second-order valence-corrected chi connectivity index (χ2v) is 7.64. The van der Waals surface area contributed by atoms with Crippen LogP contribution >= 0.6 is 11.6 Å². The average molecular weight is 481 g/mol. The van der Waals surface area contributed by atoms with E-state index in [-0.39, 0.29) is 5.91 Å². The Hall–Kier alpha value is -3.71. The molecule has 0 aliphatic heterocycles. The summed E-state index contributed by atoms with van der Waals surface area (Å²) in [7, 11) is 0. The number of rotatable bonds is 9. The Morgan fingerprint density at radius 1 is 0.941 bits per heavy atom. The van der Waals surface area contributed by atoms with E-state index in [0.717, 1.165) is 5.52 Å². The number of halogens is 1. The summed E-state index contributed by atoms with van der Waals surface area (Å²) in [6.45, 7) is 6.88. The number of aromatic nitrogens is 1. The van der Waals surface area contributed by atoms with Gasteiger partial charge in [0.15, 0.2) is 17.1 Å². The van der Waals surface area contributed by atoms with E-state index in [9.17, 15) is 4.79 Å². The molecule has 3 aromatic carbocycles. The van der Waals surface area contributed by atoms with E-state index in [4.69, 9.17) is 30.2 Å². The zero-order chi connectivity index (χ0) is 24.1. The Labute approximate surface area is 202 Å². The van der Waals surface area contributed by atoms with Crippen LogP contribution in [0, 0.1) is 0 Å². The third-order valence-corrected chi connectivity index (χ3v) is 5.25. The summed E-state index contributed by atoms with van der Waals surface area (Å²) in [5.74, 6) is 1.41. The van der Waals surface area contributed by atoms with Gasteiger partial charge >= 0.3 is 0 Å². The van der Waals surface area contributed by atoms with Gasteiger partial charge in [-0.05, 0) is 63.2 Å². The molecule has 0 bridgehead atoms. The Bertz CT molecular complexity index is 1260. The second-order valence-electron chi connectivity index (χ2n) is 7.24. The van der Waals surface area contributed by atoms with Gasteiger partial charge in [-0.2, -0.15) is 0 Å². The number of anilines is 1. The van der Waals surface area contributed by atoms with E-state index in [0.29, 0.717) is 70.4 Å². The molecule has 176 valence electrons. The van der Waals surface area contributed by atoms with E-state index in [1.807, 2.05) is 45.0 Å². The Balaban J connectivity index is 1.65. The lowest BCUT2D eigenvalue weighted by Gasteiger charge is -2.17. The highest BCUT2D eigenvalue weighted by Crippen LogP contribution is 2.39. The molecule has 0 radical (unpaired) electrons. The number of carbonyl (C=O) groups is 1. The first-order valence-corrected chi connectivity index (χ1v) is 11.4. The number of ether oxygens (including phenoxy) is 3. The summed E-state index contributed by atoms with van der Waals surface area (Å²) in [5, 5.41) is 3.36. The topological polar surface area (TPSA) is 82.8 Å². The fourth-order valence-corrected chi connectivity index (χ4v) is 3.68. The van der Waals surface area contributed by atoms with E-state index in [1.54, 1.807) is 30.3 Å². The lowest BCUT2D eigenvalue weighted by molar-refractivity contribution is 0.102. The minimum atomic E-state index is -0.337. The van der Waals surface area contributed by atoms with Crippen LogP contribution in [0.3, 0.4) is 0 Å². The molecule has 0 spiro atoms. The second kappa shape index (κ2) is 10.5. The van der Waals surface area contributed by atoms with Crippen LogP contribution in [0.5, 0.6) is 17.2 Å². The number of amides is 1. The summed E-state index contributed by atoms with van der Waals surface area (Å²) < 4.78 is 23.0. The zero-order valence-corrected chi connectivity index (χ0v) is 19.9. The smallest absolute Gasteiger partial charge is 0.255 e. The van der Waals surface area contributed by atoms with Gasteiger partial charge in [-0.15, -0.1) is 0 Å². The van der Waals surface area contributed by atoms with Crippen molar-refractivity contribution in [2.75, 3.05) is 25.1 Å². The summed E-state index contributed by atoms with van der Waals surface area (Å²) in [4.78, 5) is 17.6. The van der Waals surface area contributed by atoms with Crippen molar-refractivity contribution in [3.05, 3.63) is 65.2 Å². The van der Waals surface area contributed by atoms with Crippen molar-refractivity contribution in [1.29, 1.82) is 0 Å². The van der Waals surface area contributed by atoms with E-state index >= 15 is 0 Å². The molecule has 0 unspecified atom stereocenters. The third kappa shape index (κ3) is 4.94. The molecule has 4 rings (SSSR count). The van der Waals surface area contributed by atoms with Crippen LogP contribution in [0.1, 0.15) is 31.1 Å². The minimum Gasteiger partial charge on any atom is -0.490 e. The van der Waals surface area contributed by atoms with Crippen LogP contribution in [-0.4, -0.2) is 30.7 Å². The highest BCUT2D eigenvalue weighted by Gasteiger charge is 2.19. The number of fused-ring (bicyclic) bond motifs is 1. The van der Waals surface area contributed by atoms with Gasteiger partial charge in [0.1, 0.15) is 5.52 Å². The van der Waals surface area contributed by atoms with Gasteiger partial charge < -0.3 is 23.9 Å². The number of carbonyl (C=O) groups excluding carboxylic acids is 1.